The summed E-state index contributed by atoms with van der Waals surface area (Å²) in [6, 6.07) is 3.70. The van der Waals surface area contributed by atoms with E-state index < -0.39 is 0 Å². The molecule has 0 N–H and O–H groups in total. The second-order valence-corrected chi connectivity index (χ2v) is 6.45. The first kappa shape index (κ1) is 14.5. The van der Waals surface area contributed by atoms with Crippen molar-refractivity contribution in [2.24, 2.45) is 0 Å². The molecule has 0 aliphatic carbocycles. The molecule has 3 aromatic heterocycles. The van der Waals surface area contributed by atoms with Gasteiger partial charge < -0.3 is 13.7 Å². The fraction of sp³-hybridized carbons (Fsp3) is 0.375. The molecule has 120 valence electrons. The van der Waals surface area contributed by atoms with Crippen LogP contribution in [-0.2, 0) is 6.54 Å². The summed E-state index contributed by atoms with van der Waals surface area (Å²) in [5.74, 6) is 2.09. The summed E-state index contributed by atoms with van der Waals surface area (Å²) in [4.78, 5) is 13.7. The lowest BCUT2D eigenvalue weighted by atomic mass is 10.3. The van der Waals surface area contributed by atoms with E-state index >= 15 is 0 Å². The van der Waals surface area contributed by atoms with E-state index in [9.17, 15) is 0 Å². The Kier molecular flexibility index (Phi) is 3.88. The minimum Gasteiger partial charge on any atom is -0.459 e. The maximum Gasteiger partial charge on any atom is 0.263 e. The zero-order valence-corrected chi connectivity index (χ0v) is 13.8. The Balaban J connectivity index is 1.40. The van der Waals surface area contributed by atoms with Crippen molar-refractivity contribution in [2.75, 3.05) is 31.1 Å². The molecule has 1 saturated heterocycles. The zero-order chi connectivity index (χ0) is 15.6. The highest BCUT2D eigenvalue weighted by atomic mass is 32.1. The van der Waals surface area contributed by atoms with Crippen molar-refractivity contribution in [3.05, 3.63) is 41.4 Å². The summed E-state index contributed by atoms with van der Waals surface area (Å²) in [5.41, 5.74) is 0.985. The number of hydrogen-bond donors (Lipinski definition) is 0. The van der Waals surface area contributed by atoms with Crippen LogP contribution in [0.2, 0.25) is 0 Å². The fourth-order valence-electron chi connectivity index (χ4n) is 2.76. The number of rotatable bonds is 4. The topological polar surface area (TPSA) is 58.5 Å². The molecule has 0 spiro atoms. The van der Waals surface area contributed by atoms with Crippen LogP contribution >= 0.6 is 11.3 Å². The van der Waals surface area contributed by atoms with Crippen LogP contribution < -0.4 is 4.90 Å². The molecule has 0 aromatic carbocycles. The molecule has 4 heterocycles. The number of oxazole rings is 1. The molecule has 0 saturated carbocycles. The lowest BCUT2D eigenvalue weighted by Crippen LogP contribution is -2.46. The molecular formula is C16H18N4O2S. The third-order valence-corrected chi connectivity index (χ3v) is 4.89. The van der Waals surface area contributed by atoms with Crippen molar-refractivity contribution in [3.63, 3.8) is 0 Å². The Morgan fingerprint density at radius 3 is 2.83 bits per heavy atom. The van der Waals surface area contributed by atoms with Crippen LogP contribution in [0.4, 0.5) is 5.13 Å². The van der Waals surface area contributed by atoms with E-state index in [1.54, 1.807) is 17.6 Å². The van der Waals surface area contributed by atoms with Crippen LogP contribution in [-0.4, -0.2) is 41.0 Å². The number of hydrogen-bond acceptors (Lipinski definition) is 7. The summed E-state index contributed by atoms with van der Waals surface area (Å²) in [6.45, 7) is 6.76. The maximum absolute atomic E-state index is 5.73. The summed E-state index contributed by atoms with van der Waals surface area (Å²) in [7, 11) is 0. The maximum atomic E-state index is 5.73. The average Bonchev–Trinajstić information content (AvgIpc) is 3.30. The molecule has 23 heavy (non-hydrogen) atoms. The van der Waals surface area contributed by atoms with E-state index in [1.807, 2.05) is 30.6 Å². The van der Waals surface area contributed by atoms with Crippen LogP contribution in [0, 0.1) is 6.92 Å². The van der Waals surface area contributed by atoms with Gasteiger partial charge in [-0.2, -0.15) is 0 Å². The molecule has 1 aliphatic rings. The van der Waals surface area contributed by atoms with E-state index in [-0.39, 0.29) is 0 Å². The Morgan fingerprint density at radius 1 is 1.26 bits per heavy atom. The number of thiazole rings is 1. The summed E-state index contributed by atoms with van der Waals surface area (Å²) >= 11 is 1.70. The highest BCUT2D eigenvalue weighted by Crippen LogP contribution is 2.24. The first-order valence-electron chi connectivity index (χ1n) is 7.66. The molecule has 6 nitrogen and oxygen atoms in total. The average molecular weight is 330 g/mol. The minimum absolute atomic E-state index is 0.559. The number of aryl methyl sites for hydroxylation is 1. The molecular weight excluding hydrogens is 312 g/mol. The monoisotopic (exact) mass is 330 g/mol. The number of nitrogens with zero attached hydrogens (tertiary/aromatic N) is 4. The molecule has 0 unspecified atom stereocenters. The van der Waals surface area contributed by atoms with Gasteiger partial charge in [0.25, 0.3) is 5.89 Å². The predicted molar refractivity (Wildman–Crippen MR) is 88.5 cm³/mol. The second-order valence-electron chi connectivity index (χ2n) is 5.58. The highest BCUT2D eigenvalue weighted by molar-refractivity contribution is 7.13. The summed E-state index contributed by atoms with van der Waals surface area (Å²) < 4.78 is 11.1. The fourth-order valence-corrected chi connectivity index (χ4v) is 3.46. The van der Waals surface area contributed by atoms with E-state index in [1.165, 1.54) is 0 Å². The van der Waals surface area contributed by atoms with E-state index in [4.69, 9.17) is 8.83 Å². The lowest BCUT2D eigenvalue weighted by Gasteiger charge is -2.34. The molecule has 3 aromatic rings. The summed E-state index contributed by atoms with van der Waals surface area (Å²) in [5, 5.41) is 3.14. The quantitative estimate of drug-likeness (QED) is 0.733. The van der Waals surface area contributed by atoms with Crippen molar-refractivity contribution in [2.45, 2.75) is 13.5 Å². The number of anilines is 1. The van der Waals surface area contributed by atoms with Crippen molar-refractivity contribution < 1.29 is 8.83 Å². The van der Waals surface area contributed by atoms with E-state index in [2.05, 4.69) is 19.8 Å². The Morgan fingerprint density at radius 2 is 2.13 bits per heavy atom. The van der Waals surface area contributed by atoms with E-state index in [0.29, 0.717) is 11.7 Å². The SMILES string of the molecule is Cc1oc(-c2ccco2)nc1CN1CCN(c2nccs2)CC1. The molecule has 4 rings (SSSR count). The molecule has 0 bridgehead atoms. The predicted octanol–water partition coefficient (Wildman–Crippen LogP) is 3.02. The lowest BCUT2D eigenvalue weighted by molar-refractivity contribution is 0.246. The number of piperazine rings is 1. The van der Waals surface area contributed by atoms with Crippen molar-refractivity contribution in [3.8, 4) is 11.7 Å². The van der Waals surface area contributed by atoms with Crippen molar-refractivity contribution >= 4 is 16.5 Å². The second kappa shape index (κ2) is 6.17. The Hall–Kier alpha value is -2.12. The van der Waals surface area contributed by atoms with Gasteiger partial charge in [0.15, 0.2) is 10.9 Å². The highest BCUT2D eigenvalue weighted by Gasteiger charge is 2.21. The van der Waals surface area contributed by atoms with Gasteiger partial charge in [-0.25, -0.2) is 9.97 Å². The normalized spacial score (nSPS) is 16.1. The molecule has 0 amide bonds. The molecule has 1 aliphatic heterocycles. The van der Waals surface area contributed by atoms with Gasteiger partial charge in [-0.3, -0.25) is 4.90 Å². The minimum atomic E-state index is 0.559. The standard InChI is InChI=1S/C16H18N4O2S/c1-12-13(18-15(22-12)14-3-2-9-21-14)11-19-5-7-20(8-6-19)16-17-4-10-23-16/h2-4,9-10H,5-8,11H2,1H3. The van der Waals surface area contributed by atoms with Gasteiger partial charge in [0.05, 0.1) is 12.0 Å². The Bertz CT molecular complexity index is 743. The third kappa shape index (κ3) is 3.02. The van der Waals surface area contributed by atoms with Crippen LogP contribution in [0.25, 0.3) is 11.7 Å². The van der Waals surface area contributed by atoms with Crippen LogP contribution in [0.3, 0.4) is 0 Å². The first-order valence-corrected chi connectivity index (χ1v) is 8.54. The first-order chi connectivity index (χ1) is 11.3. The van der Waals surface area contributed by atoms with Gasteiger partial charge in [0.2, 0.25) is 0 Å². The van der Waals surface area contributed by atoms with Gasteiger partial charge in [-0.15, -0.1) is 11.3 Å². The largest absolute Gasteiger partial charge is 0.459 e. The van der Waals surface area contributed by atoms with E-state index in [0.717, 1.165) is 49.3 Å². The van der Waals surface area contributed by atoms with Gasteiger partial charge in [-0.05, 0) is 19.1 Å². The van der Waals surface area contributed by atoms with Gasteiger partial charge >= 0.3 is 0 Å². The molecule has 0 atom stereocenters. The molecule has 7 heteroatoms. The zero-order valence-electron chi connectivity index (χ0n) is 12.9. The van der Waals surface area contributed by atoms with Crippen molar-refractivity contribution in [1.82, 2.24) is 14.9 Å². The molecule has 1 fully saturated rings. The molecule has 0 radical (unpaired) electrons. The van der Waals surface area contributed by atoms with Crippen LogP contribution in [0.1, 0.15) is 11.5 Å². The van der Waals surface area contributed by atoms with Crippen molar-refractivity contribution in [1.29, 1.82) is 0 Å². The Labute approximate surface area is 138 Å². The van der Waals surface area contributed by atoms with Gasteiger partial charge in [0.1, 0.15) is 5.76 Å². The number of aromatic nitrogens is 2. The van der Waals surface area contributed by atoms with Gasteiger partial charge in [-0.1, -0.05) is 0 Å². The number of furan rings is 1. The smallest absolute Gasteiger partial charge is 0.263 e. The third-order valence-electron chi connectivity index (χ3n) is 4.06. The van der Waals surface area contributed by atoms with Crippen LogP contribution in [0.5, 0.6) is 0 Å². The van der Waals surface area contributed by atoms with Gasteiger partial charge in [0, 0.05) is 44.3 Å². The van der Waals surface area contributed by atoms with Crippen LogP contribution in [0.15, 0.2) is 38.8 Å². The summed E-state index contributed by atoms with van der Waals surface area (Å²) in [6.07, 6.45) is 3.49.